The molecule has 0 spiro atoms. The summed E-state index contributed by atoms with van der Waals surface area (Å²) in [7, 11) is 0. The molecule has 0 aliphatic rings. The van der Waals surface area contributed by atoms with Crippen molar-refractivity contribution in [1.82, 2.24) is 5.32 Å². The fourth-order valence-corrected chi connectivity index (χ4v) is 1.85. The molecule has 1 aromatic heterocycles. The van der Waals surface area contributed by atoms with E-state index in [4.69, 9.17) is 5.11 Å². The van der Waals surface area contributed by atoms with Gasteiger partial charge in [-0.05, 0) is 6.07 Å². The molecule has 0 saturated carbocycles. The topological polar surface area (TPSA) is 95.6 Å². The monoisotopic (exact) mass is 232 g/mol. The van der Waals surface area contributed by atoms with Crippen LogP contribution in [0.25, 0.3) is 0 Å². The van der Waals surface area contributed by atoms with Crippen LogP contribution in [0, 0.1) is 10.1 Å². The molecule has 1 heterocycles. The van der Waals surface area contributed by atoms with E-state index in [2.05, 4.69) is 5.32 Å². The third kappa shape index (κ3) is 3.56. The maximum absolute atomic E-state index is 10.4. The zero-order chi connectivity index (χ0) is 11.3. The van der Waals surface area contributed by atoms with E-state index >= 15 is 0 Å². The molecule has 15 heavy (non-hydrogen) atoms. The normalized spacial score (nSPS) is 12.7. The van der Waals surface area contributed by atoms with Crippen molar-refractivity contribution in [3.63, 3.8) is 0 Å². The Labute approximate surface area is 90.3 Å². The Bertz CT molecular complexity index is 328. The number of aliphatic hydroxyl groups excluding tert-OH is 2. The molecule has 0 fully saturated rings. The van der Waals surface area contributed by atoms with Crippen LogP contribution in [0.1, 0.15) is 11.0 Å². The van der Waals surface area contributed by atoms with Gasteiger partial charge in [0.15, 0.2) is 0 Å². The zero-order valence-corrected chi connectivity index (χ0v) is 8.74. The average Bonchev–Trinajstić information content (AvgIpc) is 2.66. The van der Waals surface area contributed by atoms with Crippen molar-refractivity contribution < 1.29 is 15.1 Å². The molecule has 0 amide bonds. The van der Waals surface area contributed by atoms with Crippen LogP contribution in [-0.4, -0.2) is 34.8 Å². The second kappa shape index (κ2) is 5.76. The van der Waals surface area contributed by atoms with E-state index in [1.807, 2.05) is 0 Å². The molecule has 3 N–H and O–H groups in total. The lowest BCUT2D eigenvalue weighted by molar-refractivity contribution is -0.380. The van der Waals surface area contributed by atoms with Gasteiger partial charge in [-0.1, -0.05) is 11.3 Å². The molecule has 7 heteroatoms. The fraction of sp³-hybridized carbons (Fsp3) is 0.500. The van der Waals surface area contributed by atoms with Gasteiger partial charge in [0.1, 0.15) is 6.10 Å². The van der Waals surface area contributed by atoms with Gasteiger partial charge in [0.2, 0.25) is 0 Å². The van der Waals surface area contributed by atoms with Gasteiger partial charge < -0.3 is 15.5 Å². The maximum Gasteiger partial charge on any atom is 0.324 e. The standard InChI is InChI=1S/C8H12N2O4S/c11-4-3-9-5-6(12)7-1-2-8(15-7)10(13)14/h1-2,6,9,11-12H,3-5H2. The van der Waals surface area contributed by atoms with E-state index in [0.717, 1.165) is 11.3 Å². The van der Waals surface area contributed by atoms with Gasteiger partial charge >= 0.3 is 5.00 Å². The molecule has 1 atom stereocenters. The van der Waals surface area contributed by atoms with Crippen LogP contribution in [0.2, 0.25) is 0 Å². The molecule has 0 aliphatic carbocycles. The van der Waals surface area contributed by atoms with Crippen LogP contribution in [0.15, 0.2) is 12.1 Å². The van der Waals surface area contributed by atoms with Gasteiger partial charge in [0.05, 0.1) is 11.5 Å². The molecule has 0 bridgehead atoms. The highest BCUT2D eigenvalue weighted by molar-refractivity contribution is 7.15. The lowest BCUT2D eigenvalue weighted by Crippen LogP contribution is -2.23. The molecule has 1 rings (SSSR count). The summed E-state index contributed by atoms with van der Waals surface area (Å²) in [5.74, 6) is 0. The number of thiophene rings is 1. The summed E-state index contributed by atoms with van der Waals surface area (Å²) in [6.07, 6.45) is -0.768. The molecule has 0 saturated heterocycles. The Kier molecular flexibility index (Phi) is 4.63. The zero-order valence-electron chi connectivity index (χ0n) is 7.92. The lowest BCUT2D eigenvalue weighted by atomic mass is 10.3. The Morgan fingerprint density at radius 3 is 2.87 bits per heavy atom. The third-order valence-corrected chi connectivity index (χ3v) is 2.89. The summed E-state index contributed by atoms with van der Waals surface area (Å²) in [6.45, 7) is 0.667. The number of nitrogens with one attached hydrogen (secondary N) is 1. The molecular formula is C8H12N2O4S. The quantitative estimate of drug-likeness (QED) is 0.372. The Balaban J connectivity index is 2.50. The maximum atomic E-state index is 10.4. The first-order chi connectivity index (χ1) is 7.15. The van der Waals surface area contributed by atoms with E-state index in [1.54, 1.807) is 0 Å². The van der Waals surface area contributed by atoms with E-state index < -0.39 is 11.0 Å². The molecule has 1 unspecified atom stereocenters. The number of nitro groups is 1. The average molecular weight is 232 g/mol. The van der Waals surface area contributed by atoms with Crippen molar-refractivity contribution in [1.29, 1.82) is 0 Å². The predicted octanol–water partition coefficient (Wildman–Crippen LogP) is 0.272. The number of rotatable bonds is 6. The Hall–Kier alpha value is -1.02. The Morgan fingerprint density at radius 1 is 1.60 bits per heavy atom. The third-order valence-electron chi connectivity index (χ3n) is 1.75. The SMILES string of the molecule is O=[N+]([O-])c1ccc(C(O)CNCCO)s1. The van der Waals surface area contributed by atoms with E-state index in [0.29, 0.717) is 11.4 Å². The van der Waals surface area contributed by atoms with Gasteiger partial charge in [-0.25, -0.2) is 0 Å². The highest BCUT2D eigenvalue weighted by Crippen LogP contribution is 2.28. The van der Waals surface area contributed by atoms with E-state index in [9.17, 15) is 15.2 Å². The van der Waals surface area contributed by atoms with Crippen molar-refractivity contribution in [3.05, 3.63) is 27.1 Å². The molecule has 0 aromatic carbocycles. The molecule has 1 aromatic rings. The minimum atomic E-state index is -0.768. The van der Waals surface area contributed by atoms with Crippen LogP contribution in [-0.2, 0) is 0 Å². The first-order valence-corrected chi connectivity index (χ1v) is 5.20. The largest absolute Gasteiger partial charge is 0.395 e. The summed E-state index contributed by atoms with van der Waals surface area (Å²) < 4.78 is 0. The number of aliphatic hydroxyl groups is 2. The first-order valence-electron chi connectivity index (χ1n) is 4.39. The van der Waals surface area contributed by atoms with Crippen molar-refractivity contribution in [2.24, 2.45) is 0 Å². The number of hydrogen-bond acceptors (Lipinski definition) is 6. The molecule has 0 radical (unpaired) electrons. The molecule has 84 valence electrons. The van der Waals surface area contributed by atoms with Crippen LogP contribution in [0.3, 0.4) is 0 Å². The minimum Gasteiger partial charge on any atom is -0.395 e. The second-order valence-electron chi connectivity index (χ2n) is 2.88. The van der Waals surface area contributed by atoms with Crippen molar-refractivity contribution >= 4 is 16.3 Å². The number of nitrogens with zero attached hydrogens (tertiary/aromatic N) is 1. The Morgan fingerprint density at radius 2 is 2.33 bits per heavy atom. The predicted molar refractivity (Wildman–Crippen MR) is 55.9 cm³/mol. The van der Waals surface area contributed by atoms with Crippen molar-refractivity contribution in [2.45, 2.75) is 6.10 Å². The van der Waals surface area contributed by atoms with Gasteiger partial charge in [0, 0.05) is 24.0 Å². The van der Waals surface area contributed by atoms with Gasteiger partial charge in [-0.3, -0.25) is 10.1 Å². The first kappa shape index (κ1) is 12.1. The second-order valence-corrected chi connectivity index (χ2v) is 3.97. The molecule has 0 aliphatic heterocycles. The summed E-state index contributed by atoms with van der Waals surface area (Å²) in [4.78, 5) is 10.4. The summed E-state index contributed by atoms with van der Waals surface area (Å²) in [6, 6.07) is 2.91. The molecular weight excluding hydrogens is 220 g/mol. The number of hydrogen-bond donors (Lipinski definition) is 3. The van der Waals surface area contributed by atoms with Crippen LogP contribution >= 0.6 is 11.3 Å². The van der Waals surface area contributed by atoms with Crippen LogP contribution < -0.4 is 5.32 Å². The van der Waals surface area contributed by atoms with Gasteiger partial charge in [-0.2, -0.15) is 0 Å². The molecule has 6 nitrogen and oxygen atoms in total. The summed E-state index contributed by atoms with van der Waals surface area (Å²) in [5.41, 5.74) is 0. The lowest BCUT2D eigenvalue weighted by Gasteiger charge is -2.08. The van der Waals surface area contributed by atoms with Crippen LogP contribution in [0.4, 0.5) is 5.00 Å². The van der Waals surface area contributed by atoms with Crippen LogP contribution in [0.5, 0.6) is 0 Å². The fourth-order valence-electron chi connectivity index (χ4n) is 1.04. The van der Waals surface area contributed by atoms with E-state index in [-0.39, 0.29) is 18.2 Å². The summed E-state index contributed by atoms with van der Waals surface area (Å²) >= 11 is 0.956. The highest BCUT2D eigenvalue weighted by Gasteiger charge is 2.15. The van der Waals surface area contributed by atoms with Crippen molar-refractivity contribution in [2.75, 3.05) is 19.7 Å². The van der Waals surface area contributed by atoms with Crippen molar-refractivity contribution in [3.8, 4) is 0 Å². The highest BCUT2D eigenvalue weighted by atomic mass is 32.1. The summed E-state index contributed by atoms with van der Waals surface area (Å²) in [5, 5.41) is 31.3. The van der Waals surface area contributed by atoms with Gasteiger partial charge in [0.25, 0.3) is 0 Å². The minimum absolute atomic E-state index is 0.00267. The van der Waals surface area contributed by atoms with Gasteiger partial charge in [-0.15, -0.1) is 0 Å². The van der Waals surface area contributed by atoms with E-state index in [1.165, 1.54) is 12.1 Å². The smallest absolute Gasteiger partial charge is 0.324 e.